The SMILES string of the molecule is CC(C)CNC(=O)NCC1CCOCC1. The first kappa shape index (κ1) is 12.3. The molecule has 1 rings (SSSR count). The average molecular weight is 214 g/mol. The van der Waals surface area contributed by atoms with Crippen LogP contribution in [0.5, 0.6) is 0 Å². The molecule has 88 valence electrons. The van der Waals surface area contributed by atoms with Crippen LogP contribution in [0.1, 0.15) is 26.7 Å². The van der Waals surface area contributed by atoms with Crippen LogP contribution in [0.2, 0.25) is 0 Å². The predicted octanol–water partition coefficient (Wildman–Crippen LogP) is 1.37. The number of hydrogen-bond acceptors (Lipinski definition) is 2. The molecule has 1 aliphatic heterocycles. The molecule has 1 fully saturated rings. The Labute approximate surface area is 91.8 Å². The Morgan fingerprint density at radius 3 is 2.60 bits per heavy atom. The zero-order valence-corrected chi connectivity index (χ0v) is 9.71. The van der Waals surface area contributed by atoms with Crippen molar-refractivity contribution in [1.82, 2.24) is 10.6 Å². The van der Waals surface area contributed by atoms with E-state index in [-0.39, 0.29) is 6.03 Å². The summed E-state index contributed by atoms with van der Waals surface area (Å²) in [6.07, 6.45) is 2.12. The van der Waals surface area contributed by atoms with Gasteiger partial charge in [0, 0.05) is 26.3 Å². The predicted molar refractivity (Wildman–Crippen MR) is 59.8 cm³/mol. The molecule has 0 unspecified atom stereocenters. The van der Waals surface area contributed by atoms with Crippen LogP contribution in [-0.2, 0) is 4.74 Å². The fraction of sp³-hybridized carbons (Fsp3) is 0.909. The number of urea groups is 1. The Balaban J connectivity index is 2.05. The maximum absolute atomic E-state index is 11.3. The molecule has 0 aromatic rings. The van der Waals surface area contributed by atoms with Crippen molar-refractivity contribution in [2.45, 2.75) is 26.7 Å². The van der Waals surface area contributed by atoms with E-state index in [9.17, 15) is 4.79 Å². The van der Waals surface area contributed by atoms with E-state index in [1.807, 2.05) is 0 Å². The Morgan fingerprint density at radius 2 is 2.00 bits per heavy atom. The molecule has 0 atom stereocenters. The van der Waals surface area contributed by atoms with Gasteiger partial charge in [-0.3, -0.25) is 0 Å². The Hall–Kier alpha value is -0.770. The number of carbonyl (C=O) groups is 1. The second kappa shape index (κ2) is 6.67. The topological polar surface area (TPSA) is 50.4 Å². The van der Waals surface area contributed by atoms with Crippen LogP contribution >= 0.6 is 0 Å². The third-order valence-electron chi connectivity index (χ3n) is 2.56. The van der Waals surface area contributed by atoms with Gasteiger partial charge in [-0.05, 0) is 24.7 Å². The highest BCUT2D eigenvalue weighted by atomic mass is 16.5. The summed E-state index contributed by atoms with van der Waals surface area (Å²) in [7, 11) is 0. The second-order valence-electron chi connectivity index (χ2n) is 4.54. The summed E-state index contributed by atoms with van der Waals surface area (Å²) >= 11 is 0. The molecule has 1 saturated heterocycles. The molecule has 0 aromatic heterocycles. The molecule has 4 heteroatoms. The Morgan fingerprint density at radius 1 is 1.33 bits per heavy atom. The zero-order chi connectivity index (χ0) is 11.1. The minimum absolute atomic E-state index is 0.0461. The molecular weight excluding hydrogens is 192 g/mol. The van der Waals surface area contributed by atoms with E-state index in [4.69, 9.17) is 4.74 Å². The lowest BCUT2D eigenvalue weighted by Crippen LogP contribution is -2.40. The molecule has 0 bridgehead atoms. The number of carbonyl (C=O) groups excluding carboxylic acids is 1. The maximum atomic E-state index is 11.3. The third kappa shape index (κ3) is 5.62. The van der Waals surface area contributed by atoms with Gasteiger partial charge in [0.15, 0.2) is 0 Å². The minimum Gasteiger partial charge on any atom is -0.381 e. The van der Waals surface area contributed by atoms with Gasteiger partial charge in [0.1, 0.15) is 0 Å². The van der Waals surface area contributed by atoms with E-state index in [0.717, 1.165) is 39.1 Å². The average Bonchev–Trinajstić information content (AvgIpc) is 2.25. The highest BCUT2D eigenvalue weighted by molar-refractivity contribution is 5.73. The van der Waals surface area contributed by atoms with Gasteiger partial charge in [-0.25, -0.2) is 4.79 Å². The summed E-state index contributed by atoms with van der Waals surface area (Å²) in [4.78, 5) is 11.3. The van der Waals surface area contributed by atoms with Crippen molar-refractivity contribution in [3.05, 3.63) is 0 Å². The van der Waals surface area contributed by atoms with Crippen molar-refractivity contribution in [2.24, 2.45) is 11.8 Å². The van der Waals surface area contributed by atoms with Crippen LogP contribution in [0.15, 0.2) is 0 Å². The molecule has 1 aliphatic rings. The van der Waals surface area contributed by atoms with Gasteiger partial charge in [-0.15, -0.1) is 0 Å². The van der Waals surface area contributed by atoms with E-state index < -0.39 is 0 Å². The molecular formula is C11H22N2O2. The number of hydrogen-bond donors (Lipinski definition) is 2. The number of ether oxygens (including phenoxy) is 1. The van der Waals surface area contributed by atoms with Gasteiger partial charge < -0.3 is 15.4 Å². The molecule has 1 heterocycles. The first-order valence-electron chi connectivity index (χ1n) is 5.78. The molecule has 15 heavy (non-hydrogen) atoms. The first-order valence-corrected chi connectivity index (χ1v) is 5.78. The quantitative estimate of drug-likeness (QED) is 0.742. The van der Waals surface area contributed by atoms with Crippen molar-refractivity contribution >= 4 is 6.03 Å². The van der Waals surface area contributed by atoms with E-state index in [1.165, 1.54) is 0 Å². The molecule has 0 saturated carbocycles. The minimum atomic E-state index is -0.0461. The van der Waals surface area contributed by atoms with Gasteiger partial charge in [-0.2, -0.15) is 0 Å². The summed E-state index contributed by atoms with van der Waals surface area (Å²) in [5.41, 5.74) is 0. The third-order valence-corrected chi connectivity index (χ3v) is 2.56. The van der Waals surface area contributed by atoms with Crippen molar-refractivity contribution in [2.75, 3.05) is 26.3 Å². The lowest BCUT2D eigenvalue weighted by molar-refractivity contribution is 0.0669. The van der Waals surface area contributed by atoms with Crippen LogP contribution in [0.4, 0.5) is 4.79 Å². The maximum Gasteiger partial charge on any atom is 0.314 e. The highest BCUT2D eigenvalue weighted by Gasteiger charge is 2.14. The van der Waals surface area contributed by atoms with Crippen LogP contribution in [0, 0.1) is 11.8 Å². The monoisotopic (exact) mass is 214 g/mol. The molecule has 2 N–H and O–H groups in total. The van der Waals surface area contributed by atoms with Gasteiger partial charge in [0.25, 0.3) is 0 Å². The lowest BCUT2D eigenvalue weighted by atomic mass is 10.0. The molecule has 0 aromatic carbocycles. The van der Waals surface area contributed by atoms with Crippen molar-refractivity contribution < 1.29 is 9.53 Å². The van der Waals surface area contributed by atoms with E-state index in [2.05, 4.69) is 24.5 Å². The largest absolute Gasteiger partial charge is 0.381 e. The van der Waals surface area contributed by atoms with Crippen molar-refractivity contribution in [3.63, 3.8) is 0 Å². The van der Waals surface area contributed by atoms with Crippen LogP contribution in [0.25, 0.3) is 0 Å². The van der Waals surface area contributed by atoms with Crippen LogP contribution in [-0.4, -0.2) is 32.3 Å². The second-order valence-corrected chi connectivity index (χ2v) is 4.54. The van der Waals surface area contributed by atoms with E-state index in [0.29, 0.717) is 11.8 Å². The van der Waals surface area contributed by atoms with Crippen molar-refractivity contribution in [3.8, 4) is 0 Å². The molecule has 0 radical (unpaired) electrons. The Kier molecular flexibility index (Phi) is 5.47. The lowest BCUT2D eigenvalue weighted by Gasteiger charge is -2.22. The molecule has 4 nitrogen and oxygen atoms in total. The number of amides is 2. The van der Waals surface area contributed by atoms with Crippen LogP contribution < -0.4 is 10.6 Å². The van der Waals surface area contributed by atoms with Crippen molar-refractivity contribution in [1.29, 1.82) is 0 Å². The number of nitrogens with one attached hydrogen (secondary N) is 2. The van der Waals surface area contributed by atoms with Gasteiger partial charge in [0.05, 0.1) is 0 Å². The van der Waals surface area contributed by atoms with E-state index in [1.54, 1.807) is 0 Å². The fourth-order valence-corrected chi connectivity index (χ4v) is 1.55. The summed E-state index contributed by atoms with van der Waals surface area (Å²) in [5.74, 6) is 1.09. The normalized spacial score (nSPS) is 17.8. The molecule has 0 spiro atoms. The van der Waals surface area contributed by atoms with Gasteiger partial charge >= 0.3 is 6.03 Å². The smallest absolute Gasteiger partial charge is 0.314 e. The zero-order valence-electron chi connectivity index (χ0n) is 9.71. The van der Waals surface area contributed by atoms with E-state index >= 15 is 0 Å². The summed E-state index contributed by atoms with van der Waals surface area (Å²) in [5, 5.41) is 5.74. The van der Waals surface area contributed by atoms with Gasteiger partial charge in [-0.1, -0.05) is 13.8 Å². The Bertz CT molecular complexity index is 189. The first-order chi connectivity index (χ1) is 7.18. The molecule has 2 amide bonds. The summed E-state index contributed by atoms with van der Waals surface area (Å²) in [6, 6.07) is -0.0461. The highest BCUT2D eigenvalue weighted by Crippen LogP contribution is 2.12. The summed E-state index contributed by atoms with van der Waals surface area (Å²) in [6.45, 7) is 7.34. The standard InChI is InChI=1S/C11H22N2O2/c1-9(2)7-12-11(14)13-8-10-3-5-15-6-4-10/h9-10H,3-8H2,1-2H3,(H2,12,13,14). The van der Waals surface area contributed by atoms with Gasteiger partial charge in [0.2, 0.25) is 0 Å². The van der Waals surface area contributed by atoms with Crippen LogP contribution in [0.3, 0.4) is 0 Å². The number of rotatable bonds is 4. The molecule has 0 aliphatic carbocycles. The summed E-state index contributed by atoms with van der Waals surface area (Å²) < 4.78 is 5.26. The fourth-order valence-electron chi connectivity index (χ4n) is 1.55.